The van der Waals surface area contributed by atoms with Crippen LogP contribution in [0.15, 0.2) is 77.5 Å². The molecule has 1 aliphatic rings. The molecule has 0 saturated carbocycles. The van der Waals surface area contributed by atoms with E-state index in [1.54, 1.807) is 6.20 Å². The number of benzene rings is 3. The van der Waals surface area contributed by atoms with Crippen LogP contribution in [0.4, 0.5) is 11.5 Å². The summed E-state index contributed by atoms with van der Waals surface area (Å²) in [6, 6.07) is 22.2. The quantitative estimate of drug-likeness (QED) is 0.115. The lowest BCUT2D eigenvalue weighted by atomic mass is 9.93. The minimum Gasteiger partial charge on any atom is -0.481 e. The third kappa shape index (κ3) is 6.90. The molecule has 258 valence electrons. The van der Waals surface area contributed by atoms with Crippen molar-refractivity contribution in [2.75, 3.05) is 25.0 Å². The molecule has 4 N–H and O–H groups in total. The summed E-state index contributed by atoms with van der Waals surface area (Å²) in [5.74, 6) is -0.0418. The molecule has 1 unspecified atom stereocenters. The Morgan fingerprint density at radius 2 is 1.84 bits per heavy atom. The minimum atomic E-state index is -0.768. The van der Waals surface area contributed by atoms with Gasteiger partial charge in [0.1, 0.15) is 17.1 Å². The molecule has 2 atom stereocenters. The fourth-order valence-electron chi connectivity index (χ4n) is 6.82. The Labute approximate surface area is 295 Å². The molecule has 1 fully saturated rings. The van der Waals surface area contributed by atoms with E-state index >= 15 is 0 Å². The fourth-order valence-corrected chi connectivity index (χ4v) is 6.82. The third-order valence-electron chi connectivity index (χ3n) is 9.72. The van der Waals surface area contributed by atoms with Gasteiger partial charge in [0.25, 0.3) is 0 Å². The number of fused-ring (bicyclic) bond motifs is 2. The van der Waals surface area contributed by atoms with Crippen molar-refractivity contribution in [3.63, 3.8) is 0 Å². The molecule has 0 bridgehead atoms. The van der Waals surface area contributed by atoms with Gasteiger partial charge in [0.15, 0.2) is 11.4 Å². The number of hydrogen-bond acceptors (Lipinski definition) is 10. The van der Waals surface area contributed by atoms with Crippen LogP contribution in [-0.2, 0) is 17.9 Å². The van der Waals surface area contributed by atoms with E-state index in [4.69, 9.17) is 14.4 Å². The number of aliphatic hydroxyl groups excluding tert-OH is 1. The first-order valence-corrected chi connectivity index (χ1v) is 17.1. The van der Waals surface area contributed by atoms with Crippen molar-refractivity contribution in [1.82, 2.24) is 25.2 Å². The number of hydrogen-bond donors (Lipinski definition) is 4. The number of nitriles is 1. The fraction of sp³-hybridized carbons (Fsp3) is 0.275. The first-order valence-electron chi connectivity index (χ1n) is 17.1. The Kier molecular flexibility index (Phi) is 9.47. The standard InChI is InChI=1S/C40H39N7O4/c1-23(22-48)43-18-27-15-28-10-12-42-38(36(28)44-19-27)45-34-9-5-7-32(25(34)3)31-6-4-8-33(24(31)2)39-46-35-16-26(14-30(17-41)37(35)51-39)20-47-13-11-29(21-47)40(49)50/h4-10,12,14-16,19,23,29,43,48H,11,13,18,20-22H2,1-3H3,(H,42,45)(H,49,50)/t23?,29-/m1/s1. The molecule has 3 aromatic heterocycles. The molecule has 0 spiro atoms. The van der Waals surface area contributed by atoms with Crippen molar-refractivity contribution in [3.8, 4) is 28.7 Å². The number of aromatic nitrogens is 3. The van der Waals surface area contributed by atoms with Gasteiger partial charge in [0, 0.05) is 54.7 Å². The number of carboxylic acid groups (broad SMARTS) is 1. The molecular weight excluding hydrogens is 642 g/mol. The topological polar surface area (TPSA) is 160 Å². The highest BCUT2D eigenvalue weighted by atomic mass is 16.4. The summed E-state index contributed by atoms with van der Waals surface area (Å²) in [7, 11) is 0. The Bertz CT molecular complexity index is 2310. The smallest absolute Gasteiger partial charge is 0.307 e. The lowest BCUT2D eigenvalue weighted by molar-refractivity contribution is -0.141. The van der Waals surface area contributed by atoms with Crippen LogP contribution in [0, 0.1) is 31.1 Å². The van der Waals surface area contributed by atoms with E-state index < -0.39 is 5.97 Å². The van der Waals surface area contributed by atoms with Crippen LogP contribution >= 0.6 is 0 Å². The van der Waals surface area contributed by atoms with Crippen molar-refractivity contribution in [2.45, 2.75) is 46.3 Å². The Balaban J connectivity index is 1.17. The summed E-state index contributed by atoms with van der Waals surface area (Å²) in [5, 5.41) is 36.5. The molecule has 0 aliphatic carbocycles. The van der Waals surface area contributed by atoms with Gasteiger partial charge >= 0.3 is 5.97 Å². The van der Waals surface area contributed by atoms with E-state index in [0.29, 0.717) is 61.0 Å². The number of aliphatic hydroxyl groups is 1. The van der Waals surface area contributed by atoms with Crippen molar-refractivity contribution >= 4 is 39.5 Å². The number of pyridine rings is 2. The van der Waals surface area contributed by atoms with Gasteiger partial charge in [-0.25, -0.2) is 9.97 Å². The van der Waals surface area contributed by atoms with Crippen LogP contribution in [-0.4, -0.2) is 61.8 Å². The largest absolute Gasteiger partial charge is 0.481 e. The summed E-state index contributed by atoms with van der Waals surface area (Å²) in [6.45, 7) is 8.46. The van der Waals surface area contributed by atoms with Crippen LogP contribution in [0.25, 0.3) is 44.6 Å². The van der Waals surface area contributed by atoms with Crippen LogP contribution < -0.4 is 10.6 Å². The summed E-state index contributed by atoms with van der Waals surface area (Å²) in [4.78, 5) is 27.8. The zero-order valence-electron chi connectivity index (χ0n) is 28.8. The van der Waals surface area contributed by atoms with Crippen LogP contribution in [0.3, 0.4) is 0 Å². The van der Waals surface area contributed by atoms with Crippen molar-refractivity contribution < 1.29 is 19.4 Å². The average Bonchev–Trinajstić information content (AvgIpc) is 3.79. The van der Waals surface area contributed by atoms with Gasteiger partial charge in [0.05, 0.1) is 18.1 Å². The molecule has 0 amide bonds. The van der Waals surface area contributed by atoms with Gasteiger partial charge < -0.3 is 25.3 Å². The maximum atomic E-state index is 11.4. The molecule has 6 aromatic rings. The number of carboxylic acids is 1. The molecule has 1 aliphatic heterocycles. The third-order valence-corrected chi connectivity index (χ3v) is 9.72. The van der Waals surface area contributed by atoms with E-state index in [9.17, 15) is 20.3 Å². The van der Waals surface area contributed by atoms with Gasteiger partial charge in [-0.1, -0.05) is 24.3 Å². The lowest BCUT2D eigenvalue weighted by Gasteiger charge is -2.16. The molecule has 4 heterocycles. The maximum Gasteiger partial charge on any atom is 0.307 e. The predicted molar refractivity (Wildman–Crippen MR) is 196 cm³/mol. The van der Waals surface area contributed by atoms with E-state index in [1.807, 2.05) is 62.5 Å². The molecule has 1 saturated heterocycles. The first kappa shape index (κ1) is 33.8. The molecule has 7 rings (SSSR count). The zero-order chi connectivity index (χ0) is 35.6. The van der Waals surface area contributed by atoms with E-state index in [2.05, 4.69) is 51.7 Å². The first-order chi connectivity index (χ1) is 24.7. The average molecular weight is 682 g/mol. The Morgan fingerprint density at radius 1 is 1.06 bits per heavy atom. The summed E-state index contributed by atoms with van der Waals surface area (Å²) in [6.07, 6.45) is 4.23. The van der Waals surface area contributed by atoms with Gasteiger partial charge in [-0.15, -0.1) is 0 Å². The van der Waals surface area contributed by atoms with Gasteiger partial charge in [-0.2, -0.15) is 5.26 Å². The second-order valence-electron chi connectivity index (χ2n) is 13.3. The van der Waals surface area contributed by atoms with E-state index in [1.165, 1.54) is 0 Å². The van der Waals surface area contributed by atoms with Crippen LogP contribution in [0.1, 0.15) is 41.2 Å². The van der Waals surface area contributed by atoms with Gasteiger partial charge in [-0.3, -0.25) is 14.7 Å². The number of aliphatic carboxylic acids is 1. The zero-order valence-corrected chi connectivity index (χ0v) is 28.8. The highest BCUT2D eigenvalue weighted by molar-refractivity contribution is 5.91. The molecule has 11 nitrogen and oxygen atoms in total. The highest BCUT2D eigenvalue weighted by Crippen LogP contribution is 2.38. The summed E-state index contributed by atoms with van der Waals surface area (Å²) < 4.78 is 6.27. The molecule has 51 heavy (non-hydrogen) atoms. The van der Waals surface area contributed by atoms with Crippen molar-refractivity contribution in [2.24, 2.45) is 5.92 Å². The Morgan fingerprint density at radius 3 is 2.61 bits per heavy atom. The van der Waals surface area contributed by atoms with Crippen molar-refractivity contribution in [3.05, 3.63) is 101 Å². The molecular formula is C40H39N7O4. The number of carbonyl (C=O) groups is 1. The van der Waals surface area contributed by atoms with E-state index in [0.717, 1.165) is 55.5 Å². The minimum absolute atomic E-state index is 0.00253. The number of rotatable bonds is 11. The molecule has 3 aromatic carbocycles. The van der Waals surface area contributed by atoms with Crippen molar-refractivity contribution in [1.29, 1.82) is 5.26 Å². The normalized spacial score (nSPS) is 15.3. The SMILES string of the molecule is Cc1c(Nc2nccc3cc(CNC(C)CO)cnc23)cccc1-c1cccc(-c2nc3cc(CN4CC[C@@H](C(=O)O)C4)cc(C#N)c3o2)c1C. The molecule has 11 heteroatoms. The number of anilines is 2. The second kappa shape index (κ2) is 14.3. The highest BCUT2D eigenvalue weighted by Gasteiger charge is 2.28. The van der Waals surface area contributed by atoms with Crippen LogP contribution in [0.2, 0.25) is 0 Å². The predicted octanol–water partition coefficient (Wildman–Crippen LogP) is 6.71. The summed E-state index contributed by atoms with van der Waals surface area (Å²) in [5.41, 5.74) is 9.95. The Hall–Kier alpha value is -5.67. The van der Waals surface area contributed by atoms with Crippen LogP contribution in [0.5, 0.6) is 0 Å². The van der Waals surface area contributed by atoms with Gasteiger partial charge in [0.2, 0.25) is 5.89 Å². The number of oxazole rings is 1. The number of likely N-dealkylation sites (tertiary alicyclic amines) is 1. The monoisotopic (exact) mass is 681 g/mol. The number of nitrogens with one attached hydrogen (secondary N) is 2. The van der Waals surface area contributed by atoms with Gasteiger partial charge in [-0.05, 0) is 104 Å². The lowest BCUT2D eigenvalue weighted by Crippen LogP contribution is -2.28. The summed E-state index contributed by atoms with van der Waals surface area (Å²) >= 11 is 0. The molecule has 0 radical (unpaired) electrons. The number of nitrogens with zero attached hydrogens (tertiary/aromatic N) is 5. The van der Waals surface area contributed by atoms with E-state index in [-0.39, 0.29) is 18.6 Å². The maximum absolute atomic E-state index is 11.4. The second-order valence-corrected chi connectivity index (χ2v) is 13.3.